The van der Waals surface area contributed by atoms with Gasteiger partial charge in [0.2, 0.25) is 10.0 Å². The maximum atomic E-state index is 11.7. The van der Waals surface area contributed by atoms with Crippen LogP contribution in [0.5, 0.6) is 5.75 Å². The van der Waals surface area contributed by atoms with Crippen molar-refractivity contribution in [3.63, 3.8) is 0 Å². The quantitative estimate of drug-likeness (QED) is 0.743. The van der Waals surface area contributed by atoms with Crippen LogP contribution in [0.2, 0.25) is 0 Å². The number of hydrogen-bond acceptors (Lipinski definition) is 4. The molecule has 0 radical (unpaired) electrons. The number of rotatable bonds is 4. The molecular formula is C10H11N3O3S. The predicted molar refractivity (Wildman–Crippen MR) is 60.7 cm³/mol. The largest absolute Gasteiger partial charge is 0.508 e. The van der Waals surface area contributed by atoms with E-state index in [1.807, 2.05) is 0 Å². The summed E-state index contributed by atoms with van der Waals surface area (Å²) in [5, 5.41) is 15.1. The molecule has 1 aromatic carbocycles. The number of nitrogens with one attached hydrogen (secondary N) is 2. The standard InChI is InChI=1S/C10H11N3O3S/c14-9-3-1-8(2-4-9)5-13-17(15,16)10-6-11-12-7-10/h1-4,6-7,13-14H,5H2,(H,11,12). The number of benzene rings is 1. The van der Waals surface area contributed by atoms with Crippen LogP contribution in [0, 0.1) is 0 Å². The Labute approximate surface area is 98.4 Å². The van der Waals surface area contributed by atoms with Crippen molar-refractivity contribution < 1.29 is 13.5 Å². The Balaban J connectivity index is 2.06. The molecule has 0 aliphatic heterocycles. The Morgan fingerprint density at radius 3 is 2.59 bits per heavy atom. The van der Waals surface area contributed by atoms with Crippen molar-refractivity contribution in [1.29, 1.82) is 0 Å². The first-order valence-electron chi connectivity index (χ1n) is 4.84. The van der Waals surface area contributed by atoms with Crippen LogP contribution in [0.25, 0.3) is 0 Å². The summed E-state index contributed by atoms with van der Waals surface area (Å²) in [5.74, 6) is 0.145. The number of nitrogens with zero attached hydrogens (tertiary/aromatic N) is 1. The molecule has 17 heavy (non-hydrogen) atoms. The minimum atomic E-state index is -3.53. The molecule has 0 aliphatic carbocycles. The van der Waals surface area contributed by atoms with Crippen LogP contribution in [0.4, 0.5) is 0 Å². The third-order valence-corrected chi connectivity index (χ3v) is 3.55. The van der Waals surface area contributed by atoms with Crippen molar-refractivity contribution >= 4 is 10.0 Å². The van der Waals surface area contributed by atoms with Gasteiger partial charge in [-0.3, -0.25) is 5.10 Å². The fraction of sp³-hybridized carbons (Fsp3) is 0.100. The fourth-order valence-corrected chi connectivity index (χ4v) is 2.18. The van der Waals surface area contributed by atoms with Crippen molar-refractivity contribution in [2.45, 2.75) is 11.4 Å². The van der Waals surface area contributed by atoms with Gasteiger partial charge in [-0.15, -0.1) is 0 Å². The fourth-order valence-electron chi connectivity index (χ4n) is 1.26. The summed E-state index contributed by atoms with van der Waals surface area (Å²) in [7, 11) is -3.53. The molecule has 0 unspecified atom stereocenters. The molecule has 6 nitrogen and oxygen atoms in total. The maximum absolute atomic E-state index is 11.7. The highest BCUT2D eigenvalue weighted by atomic mass is 32.2. The SMILES string of the molecule is O=S(=O)(NCc1ccc(O)cc1)c1cn[nH]c1. The van der Waals surface area contributed by atoms with E-state index in [0.717, 1.165) is 5.56 Å². The van der Waals surface area contributed by atoms with Gasteiger partial charge in [-0.2, -0.15) is 5.10 Å². The molecule has 0 saturated heterocycles. The first-order chi connectivity index (χ1) is 8.08. The highest BCUT2D eigenvalue weighted by Crippen LogP contribution is 2.11. The smallest absolute Gasteiger partial charge is 0.243 e. The first-order valence-corrected chi connectivity index (χ1v) is 6.32. The van der Waals surface area contributed by atoms with Gasteiger partial charge in [-0.25, -0.2) is 13.1 Å². The number of phenols is 1. The third-order valence-electron chi connectivity index (χ3n) is 2.19. The summed E-state index contributed by atoms with van der Waals surface area (Å²) >= 11 is 0. The van der Waals surface area contributed by atoms with Gasteiger partial charge in [0.05, 0.1) is 6.20 Å². The van der Waals surface area contributed by atoms with E-state index in [-0.39, 0.29) is 17.2 Å². The van der Waals surface area contributed by atoms with Crippen molar-refractivity contribution in [2.75, 3.05) is 0 Å². The minimum Gasteiger partial charge on any atom is -0.508 e. The second kappa shape index (κ2) is 4.56. The number of sulfonamides is 1. The van der Waals surface area contributed by atoms with Crippen LogP contribution in [0.15, 0.2) is 41.6 Å². The lowest BCUT2D eigenvalue weighted by Crippen LogP contribution is -2.22. The van der Waals surface area contributed by atoms with Gasteiger partial charge in [0.25, 0.3) is 0 Å². The lowest BCUT2D eigenvalue weighted by molar-refractivity contribution is 0.475. The van der Waals surface area contributed by atoms with Crippen LogP contribution in [-0.2, 0) is 16.6 Å². The number of hydrogen-bond donors (Lipinski definition) is 3. The van der Waals surface area contributed by atoms with E-state index in [1.54, 1.807) is 12.1 Å². The van der Waals surface area contributed by atoms with E-state index in [0.29, 0.717) is 0 Å². The van der Waals surface area contributed by atoms with E-state index < -0.39 is 10.0 Å². The maximum Gasteiger partial charge on any atom is 0.243 e. The second-order valence-electron chi connectivity index (χ2n) is 3.43. The van der Waals surface area contributed by atoms with E-state index in [2.05, 4.69) is 14.9 Å². The summed E-state index contributed by atoms with van der Waals surface area (Å²) < 4.78 is 25.9. The van der Waals surface area contributed by atoms with Crippen LogP contribution >= 0.6 is 0 Å². The molecule has 0 bridgehead atoms. The average Bonchev–Trinajstić information content (AvgIpc) is 2.82. The molecule has 2 aromatic rings. The number of aromatic nitrogens is 2. The Morgan fingerprint density at radius 2 is 2.00 bits per heavy atom. The van der Waals surface area contributed by atoms with Crippen LogP contribution in [0.3, 0.4) is 0 Å². The third kappa shape index (κ3) is 2.83. The van der Waals surface area contributed by atoms with Crippen molar-refractivity contribution in [3.05, 3.63) is 42.2 Å². The zero-order valence-corrected chi connectivity index (χ0v) is 9.61. The molecule has 7 heteroatoms. The van der Waals surface area contributed by atoms with Crippen LogP contribution < -0.4 is 4.72 Å². The summed E-state index contributed by atoms with van der Waals surface area (Å²) in [6, 6.07) is 6.30. The van der Waals surface area contributed by atoms with Gasteiger partial charge in [0, 0.05) is 12.7 Å². The number of H-pyrrole nitrogens is 1. The molecule has 0 atom stereocenters. The number of aromatic hydroxyl groups is 1. The molecule has 0 spiro atoms. The molecule has 2 rings (SSSR count). The van der Waals surface area contributed by atoms with E-state index in [1.165, 1.54) is 24.5 Å². The van der Waals surface area contributed by atoms with Crippen molar-refractivity contribution in [1.82, 2.24) is 14.9 Å². The Bertz CT molecular complexity index is 576. The van der Waals surface area contributed by atoms with Gasteiger partial charge in [0.15, 0.2) is 0 Å². The molecule has 1 heterocycles. The Hall–Kier alpha value is -1.86. The van der Waals surface area contributed by atoms with Crippen LogP contribution in [-0.4, -0.2) is 23.7 Å². The Morgan fingerprint density at radius 1 is 1.29 bits per heavy atom. The summed E-state index contributed by atoms with van der Waals surface area (Å²) in [4.78, 5) is 0.0938. The summed E-state index contributed by atoms with van der Waals surface area (Å²) in [5.41, 5.74) is 0.759. The first kappa shape index (κ1) is 11.6. The molecule has 1 aromatic heterocycles. The molecular weight excluding hydrogens is 242 g/mol. The highest BCUT2D eigenvalue weighted by molar-refractivity contribution is 7.89. The molecule has 0 fully saturated rings. The average molecular weight is 253 g/mol. The van der Waals surface area contributed by atoms with Gasteiger partial charge in [0.1, 0.15) is 10.6 Å². The predicted octanol–water partition coefficient (Wildman–Crippen LogP) is 0.594. The van der Waals surface area contributed by atoms with Gasteiger partial charge >= 0.3 is 0 Å². The number of aromatic amines is 1. The monoisotopic (exact) mass is 253 g/mol. The second-order valence-corrected chi connectivity index (χ2v) is 5.19. The lowest BCUT2D eigenvalue weighted by Gasteiger charge is -2.04. The van der Waals surface area contributed by atoms with E-state index in [4.69, 9.17) is 5.11 Å². The van der Waals surface area contributed by atoms with E-state index >= 15 is 0 Å². The lowest BCUT2D eigenvalue weighted by atomic mass is 10.2. The molecule has 0 saturated carbocycles. The van der Waals surface area contributed by atoms with Crippen LogP contribution in [0.1, 0.15) is 5.56 Å². The Kier molecular flexibility index (Phi) is 3.12. The minimum absolute atomic E-state index is 0.0938. The van der Waals surface area contributed by atoms with Gasteiger partial charge < -0.3 is 5.11 Å². The molecule has 90 valence electrons. The highest BCUT2D eigenvalue weighted by Gasteiger charge is 2.14. The molecule has 3 N–H and O–H groups in total. The van der Waals surface area contributed by atoms with Crippen molar-refractivity contribution in [3.8, 4) is 5.75 Å². The summed E-state index contributed by atoms with van der Waals surface area (Å²) in [6.07, 6.45) is 2.54. The summed E-state index contributed by atoms with van der Waals surface area (Å²) in [6.45, 7) is 0.161. The van der Waals surface area contributed by atoms with Gasteiger partial charge in [-0.05, 0) is 17.7 Å². The normalized spacial score (nSPS) is 11.5. The van der Waals surface area contributed by atoms with E-state index in [9.17, 15) is 8.42 Å². The molecule has 0 amide bonds. The zero-order valence-electron chi connectivity index (χ0n) is 8.79. The zero-order chi connectivity index (χ0) is 12.3. The number of phenolic OH excluding ortho intramolecular Hbond substituents is 1. The van der Waals surface area contributed by atoms with Crippen molar-refractivity contribution in [2.24, 2.45) is 0 Å². The van der Waals surface area contributed by atoms with Gasteiger partial charge in [-0.1, -0.05) is 12.1 Å². The topological polar surface area (TPSA) is 95.1 Å². The molecule has 0 aliphatic rings.